The van der Waals surface area contributed by atoms with Crippen molar-refractivity contribution in [2.45, 2.75) is 6.42 Å². The Labute approximate surface area is 156 Å². The van der Waals surface area contributed by atoms with Crippen LogP contribution < -0.4 is 15.8 Å². The van der Waals surface area contributed by atoms with Crippen LogP contribution >= 0.6 is 0 Å². The molecule has 0 atom stereocenters. The fraction of sp³-hybridized carbons (Fsp3) is 0.238. The molecule has 0 amide bonds. The van der Waals surface area contributed by atoms with Gasteiger partial charge in [0.25, 0.3) is 0 Å². The van der Waals surface area contributed by atoms with Crippen LogP contribution in [-0.4, -0.2) is 35.8 Å². The molecule has 0 saturated carbocycles. The second-order valence-electron chi connectivity index (χ2n) is 6.86. The third kappa shape index (κ3) is 2.98. The van der Waals surface area contributed by atoms with Gasteiger partial charge in [0.2, 0.25) is 0 Å². The molecular weight excluding hydrogens is 340 g/mol. The van der Waals surface area contributed by atoms with Crippen molar-refractivity contribution >= 4 is 22.2 Å². The van der Waals surface area contributed by atoms with E-state index in [-0.39, 0.29) is 5.63 Å². The number of anilines is 1. The molecule has 1 aliphatic heterocycles. The Hall–Kier alpha value is -3.12. The summed E-state index contributed by atoms with van der Waals surface area (Å²) in [5.74, 6) is 0. The third-order valence-corrected chi connectivity index (χ3v) is 5.07. The monoisotopic (exact) mass is 360 g/mol. The number of aromatic nitrogens is 2. The largest absolute Gasteiger partial charge is 0.422 e. The van der Waals surface area contributed by atoms with Gasteiger partial charge in [-0.15, -0.1) is 0 Å². The van der Waals surface area contributed by atoms with Crippen molar-refractivity contribution in [3.05, 3.63) is 65.1 Å². The lowest BCUT2D eigenvalue weighted by molar-refractivity contribution is 0.563. The summed E-state index contributed by atoms with van der Waals surface area (Å²) in [6, 6.07) is 15.7. The van der Waals surface area contributed by atoms with Gasteiger partial charge in [0, 0.05) is 43.0 Å². The third-order valence-electron chi connectivity index (χ3n) is 5.07. The smallest absolute Gasteiger partial charge is 0.345 e. The molecule has 0 bridgehead atoms. The molecular formula is C21H20N4O2. The first-order chi connectivity index (χ1) is 13.3. The number of benzene rings is 1. The molecule has 6 nitrogen and oxygen atoms in total. The highest BCUT2D eigenvalue weighted by atomic mass is 16.4. The number of nitrogens with zero attached hydrogens (tertiary/aromatic N) is 3. The summed E-state index contributed by atoms with van der Waals surface area (Å²) in [5, 5.41) is 8.80. The average Bonchev–Trinajstić information content (AvgIpc) is 2.92. The standard InChI is InChI=1S/C21H20N4O2/c26-21-18(19-13-17-4-1-2-10-25(17)23-19)12-15-5-6-16(14-20(15)27-21)24-9-3-7-22-8-11-24/h1-2,4-6,10,12-14,22H,3,7-9,11H2. The first-order valence-electron chi connectivity index (χ1n) is 9.26. The Morgan fingerprint density at radius 1 is 1.04 bits per heavy atom. The molecule has 6 heteroatoms. The molecule has 5 rings (SSSR count). The summed E-state index contributed by atoms with van der Waals surface area (Å²) >= 11 is 0. The Bertz CT molecular complexity index is 1140. The Morgan fingerprint density at radius 3 is 2.93 bits per heavy atom. The van der Waals surface area contributed by atoms with Crippen LogP contribution in [0.15, 0.2) is 63.9 Å². The highest BCUT2D eigenvalue weighted by molar-refractivity contribution is 5.84. The molecule has 1 aromatic carbocycles. The van der Waals surface area contributed by atoms with Gasteiger partial charge in [0.15, 0.2) is 0 Å². The number of hydrogen-bond acceptors (Lipinski definition) is 5. The van der Waals surface area contributed by atoms with E-state index in [0.717, 1.165) is 49.2 Å². The summed E-state index contributed by atoms with van der Waals surface area (Å²) in [4.78, 5) is 14.9. The molecule has 1 fully saturated rings. The zero-order valence-corrected chi connectivity index (χ0v) is 14.9. The lowest BCUT2D eigenvalue weighted by Gasteiger charge is -2.22. The van der Waals surface area contributed by atoms with Crippen LogP contribution in [0, 0.1) is 0 Å². The molecule has 0 aliphatic carbocycles. The zero-order chi connectivity index (χ0) is 18.2. The topological polar surface area (TPSA) is 62.8 Å². The number of fused-ring (bicyclic) bond motifs is 2. The van der Waals surface area contributed by atoms with Crippen LogP contribution in [0.5, 0.6) is 0 Å². The van der Waals surface area contributed by atoms with Crippen LogP contribution in [0.3, 0.4) is 0 Å². The van der Waals surface area contributed by atoms with Crippen molar-refractivity contribution in [3.8, 4) is 11.3 Å². The number of rotatable bonds is 2. The van der Waals surface area contributed by atoms with Gasteiger partial charge in [-0.3, -0.25) is 0 Å². The summed E-state index contributed by atoms with van der Waals surface area (Å²) in [6.45, 7) is 3.97. The molecule has 0 radical (unpaired) electrons. The maximum absolute atomic E-state index is 12.6. The predicted octanol–water partition coefficient (Wildman–Crippen LogP) is 2.91. The highest BCUT2D eigenvalue weighted by Gasteiger charge is 2.14. The van der Waals surface area contributed by atoms with E-state index < -0.39 is 0 Å². The Kier molecular flexibility index (Phi) is 3.90. The predicted molar refractivity (Wildman–Crippen MR) is 106 cm³/mol. The van der Waals surface area contributed by atoms with Crippen molar-refractivity contribution < 1.29 is 4.42 Å². The van der Waals surface area contributed by atoms with E-state index in [1.54, 1.807) is 4.52 Å². The van der Waals surface area contributed by atoms with Gasteiger partial charge < -0.3 is 14.6 Å². The summed E-state index contributed by atoms with van der Waals surface area (Å²) in [5.41, 5.74) is 3.40. The molecule has 0 unspecified atom stereocenters. The number of nitrogens with one attached hydrogen (secondary N) is 1. The van der Waals surface area contributed by atoms with Gasteiger partial charge in [-0.2, -0.15) is 5.10 Å². The van der Waals surface area contributed by atoms with Gasteiger partial charge in [-0.1, -0.05) is 6.07 Å². The van der Waals surface area contributed by atoms with Crippen LogP contribution in [0.2, 0.25) is 0 Å². The van der Waals surface area contributed by atoms with Gasteiger partial charge in [-0.25, -0.2) is 9.31 Å². The van der Waals surface area contributed by atoms with Crippen molar-refractivity contribution in [2.24, 2.45) is 0 Å². The summed E-state index contributed by atoms with van der Waals surface area (Å²) in [6.07, 6.45) is 2.97. The van der Waals surface area contributed by atoms with E-state index in [2.05, 4.69) is 21.4 Å². The molecule has 27 heavy (non-hydrogen) atoms. The molecule has 0 spiro atoms. The first kappa shape index (κ1) is 16.1. The minimum atomic E-state index is -0.361. The average molecular weight is 360 g/mol. The second kappa shape index (κ2) is 6.55. The van der Waals surface area contributed by atoms with Crippen molar-refractivity contribution in [2.75, 3.05) is 31.1 Å². The first-order valence-corrected chi connectivity index (χ1v) is 9.26. The van der Waals surface area contributed by atoms with Crippen LogP contribution in [0.25, 0.3) is 27.7 Å². The van der Waals surface area contributed by atoms with E-state index in [1.807, 2.05) is 48.7 Å². The molecule has 4 heterocycles. The van der Waals surface area contributed by atoms with E-state index in [0.29, 0.717) is 16.8 Å². The minimum absolute atomic E-state index is 0.361. The fourth-order valence-electron chi connectivity index (χ4n) is 3.65. The van der Waals surface area contributed by atoms with Crippen LogP contribution in [-0.2, 0) is 0 Å². The van der Waals surface area contributed by atoms with E-state index in [1.165, 1.54) is 0 Å². The molecule has 3 aromatic heterocycles. The van der Waals surface area contributed by atoms with Gasteiger partial charge >= 0.3 is 5.63 Å². The SMILES string of the molecule is O=c1oc2cc(N3CCCNCC3)ccc2cc1-c1cc2ccccn2n1. The quantitative estimate of drug-likeness (QED) is 0.557. The maximum Gasteiger partial charge on any atom is 0.345 e. The molecule has 1 saturated heterocycles. The summed E-state index contributed by atoms with van der Waals surface area (Å²) < 4.78 is 7.42. The molecule has 136 valence electrons. The Morgan fingerprint density at radius 2 is 2.00 bits per heavy atom. The van der Waals surface area contributed by atoms with Crippen molar-refractivity contribution in [3.63, 3.8) is 0 Å². The fourth-order valence-corrected chi connectivity index (χ4v) is 3.65. The highest BCUT2D eigenvalue weighted by Crippen LogP contribution is 2.25. The number of hydrogen-bond donors (Lipinski definition) is 1. The molecule has 1 aliphatic rings. The maximum atomic E-state index is 12.6. The second-order valence-corrected chi connectivity index (χ2v) is 6.86. The van der Waals surface area contributed by atoms with Gasteiger partial charge in [0.1, 0.15) is 11.3 Å². The number of pyridine rings is 1. The lowest BCUT2D eigenvalue weighted by Crippen LogP contribution is -2.27. The van der Waals surface area contributed by atoms with Gasteiger partial charge in [-0.05, 0) is 49.4 Å². The van der Waals surface area contributed by atoms with Crippen LogP contribution in [0.1, 0.15) is 6.42 Å². The minimum Gasteiger partial charge on any atom is -0.422 e. The van der Waals surface area contributed by atoms with E-state index >= 15 is 0 Å². The Balaban J connectivity index is 1.56. The van der Waals surface area contributed by atoms with E-state index in [4.69, 9.17) is 4.42 Å². The normalized spacial score (nSPS) is 15.3. The van der Waals surface area contributed by atoms with Crippen LogP contribution in [0.4, 0.5) is 5.69 Å². The zero-order valence-electron chi connectivity index (χ0n) is 14.9. The van der Waals surface area contributed by atoms with Crippen molar-refractivity contribution in [1.82, 2.24) is 14.9 Å². The van der Waals surface area contributed by atoms with E-state index in [9.17, 15) is 4.79 Å². The molecule has 1 N–H and O–H groups in total. The van der Waals surface area contributed by atoms with Gasteiger partial charge in [0.05, 0.1) is 11.1 Å². The molecule has 4 aromatic rings. The lowest BCUT2D eigenvalue weighted by atomic mass is 10.1. The summed E-state index contributed by atoms with van der Waals surface area (Å²) in [7, 11) is 0. The van der Waals surface area contributed by atoms with Crippen molar-refractivity contribution in [1.29, 1.82) is 0 Å².